The van der Waals surface area contributed by atoms with E-state index in [1.807, 2.05) is 12.3 Å². The van der Waals surface area contributed by atoms with Crippen molar-refractivity contribution >= 4 is 0 Å². The molecule has 1 saturated carbocycles. The predicted molar refractivity (Wildman–Crippen MR) is 61.1 cm³/mol. The third kappa shape index (κ3) is 2.31. The minimum Gasteiger partial charge on any atom is -0.497 e. The Balaban J connectivity index is 2.24. The smallest absolute Gasteiger partial charge is 0.122 e. The van der Waals surface area contributed by atoms with Gasteiger partial charge in [-0.05, 0) is 30.7 Å². The summed E-state index contributed by atoms with van der Waals surface area (Å²) < 4.78 is 5.24. The van der Waals surface area contributed by atoms with Gasteiger partial charge in [-0.25, -0.2) is 0 Å². The Kier molecular flexibility index (Phi) is 2.94. The van der Waals surface area contributed by atoms with Gasteiger partial charge in [0, 0.05) is 23.9 Å². The molecule has 0 saturated heterocycles. The van der Waals surface area contributed by atoms with Crippen LogP contribution in [0.5, 0.6) is 5.75 Å². The van der Waals surface area contributed by atoms with Gasteiger partial charge in [0.25, 0.3) is 0 Å². The highest BCUT2D eigenvalue weighted by Gasteiger charge is 2.35. The van der Waals surface area contributed by atoms with Crippen LogP contribution in [0.4, 0.5) is 0 Å². The van der Waals surface area contributed by atoms with Crippen LogP contribution in [0.25, 0.3) is 0 Å². The van der Waals surface area contributed by atoms with Gasteiger partial charge in [-0.3, -0.25) is 4.98 Å². The minimum absolute atomic E-state index is 0.611. The van der Waals surface area contributed by atoms with Crippen molar-refractivity contribution < 1.29 is 4.74 Å². The third-order valence-electron chi connectivity index (χ3n) is 3.18. The van der Waals surface area contributed by atoms with Crippen molar-refractivity contribution in [2.45, 2.75) is 32.6 Å². The van der Waals surface area contributed by atoms with Gasteiger partial charge in [-0.15, -0.1) is 0 Å². The first-order valence-electron chi connectivity index (χ1n) is 5.72. The van der Waals surface area contributed by atoms with E-state index < -0.39 is 0 Å². The largest absolute Gasteiger partial charge is 0.497 e. The Morgan fingerprint density at radius 2 is 2.13 bits per heavy atom. The fourth-order valence-corrected chi connectivity index (χ4v) is 2.32. The van der Waals surface area contributed by atoms with Crippen molar-refractivity contribution in [2.24, 2.45) is 11.8 Å². The third-order valence-corrected chi connectivity index (χ3v) is 3.18. The molecule has 2 nitrogen and oxygen atoms in total. The molecule has 1 unspecified atom stereocenters. The molecule has 0 N–H and O–H groups in total. The highest BCUT2D eigenvalue weighted by molar-refractivity contribution is 5.26. The summed E-state index contributed by atoms with van der Waals surface area (Å²) >= 11 is 0. The van der Waals surface area contributed by atoms with Crippen LogP contribution in [0.3, 0.4) is 0 Å². The van der Waals surface area contributed by atoms with Crippen molar-refractivity contribution in [2.75, 3.05) is 7.11 Å². The fraction of sp³-hybridized carbons (Fsp3) is 0.615. The Morgan fingerprint density at radius 3 is 2.67 bits per heavy atom. The summed E-state index contributed by atoms with van der Waals surface area (Å²) in [5.74, 6) is 3.05. The molecule has 0 bridgehead atoms. The van der Waals surface area contributed by atoms with Crippen molar-refractivity contribution in [1.29, 1.82) is 0 Å². The maximum Gasteiger partial charge on any atom is 0.122 e. The number of ether oxygens (including phenoxy) is 1. The number of hydrogen-bond donors (Lipinski definition) is 0. The maximum atomic E-state index is 5.24. The van der Waals surface area contributed by atoms with Crippen LogP contribution in [-0.4, -0.2) is 12.1 Å². The molecule has 1 fully saturated rings. The zero-order valence-corrected chi connectivity index (χ0v) is 9.73. The molecule has 0 spiro atoms. The summed E-state index contributed by atoms with van der Waals surface area (Å²) in [7, 11) is 1.71. The number of pyridine rings is 1. The lowest BCUT2D eigenvalue weighted by Gasteiger charge is -2.20. The molecule has 1 aromatic heterocycles. The average Bonchev–Trinajstić information content (AvgIpc) is 3.02. The molecular weight excluding hydrogens is 186 g/mol. The molecular formula is C13H19NO. The van der Waals surface area contributed by atoms with Crippen molar-refractivity contribution in [3.8, 4) is 5.75 Å². The standard InChI is InChI=1S/C13H19NO/c1-9(2)13(10-4-5-10)12-8-11(15-3)6-7-14-12/h6-10,13H,4-5H2,1-3H3. The van der Waals surface area contributed by atoms with Gasteiger partial charge >= 0.3 is 0 Å². The number of methoxy groups -OCH3 is 1. The van der Waals surface area contributed by atoms with E-state index in [4.69, 9.17) is 4.74 Å². The summed E-state index contributed by atoms with van der Waals surface area (Å²) in [6.45, 7) is 4.56. The van der Waals surface area contributed by atoms with Gasteiger partial charge in [0.15, 0.2) is 0 Å². The molecule has 0 radical (unpaired) electrons. The van der Waals surface area contributed by atoms with E-state index in [2.05, 4.69) is 24.9 Å². The summed E-state index contributed by atoms with van der Waals surface area (Å²) in [4.78, 5) is 4.49. The SMILES string of the molecule is COc1ccnc(C(C(C)C)C2CC2)c1. The number of aromatic nitrogens is 1. The molecule has 2 heteroatoms. The predicted octanol–water partition coefficient (Wildman–Crippen LogP) is 3.24. The van der Waals surface area contributed by atoms with Crippen LogP contribution in [0.2, 0.25) is 0 Å². The van der Waals surface area contributed by atoms with E-state index >= 15 is 0 Å². The Labute approximate surface area is 91.7 Å². The lowest BCUT2D eigenvalue weighted by atomic mass is 9.87. The Hall–Kier alpha value is -1.05. The minimum atomic E-state index is 0.611. The molecule has 2 rings (SSSR count). The summed E-state index contributed by atoms with van der Waals surface area (Å²) in [5, 5.41) is 0. The summed E-state index contributed by atoms with van der Waals surface area (Å²) in [5.41, 5.74) is 1.20. The van der Waals surface area contributed by atoms with E-state index in [-0.39, 0.29) is 0 Å². The van der Waals surface area contributed by atoms with E-state index in [1.54, 1.807) is 7.11 Å². The first-order chi connectivity index (χ1) is 7.22. The second-order valence-corrected chi connectivity index (χ2v) is 4.73. The molecule has 0 amide bonds. The fourth-order valence-electron chi connectivity index (χ4n) is 2.32. The van der Waals surface area contributed by atoms with Gasteiger partial charge in [-0.2, -0.15) is 0 Å². The molecule has 1 heterocycles. The second-order valence-electron chi connectivity index (χ2n) is 4.73. The van der Waals surface area contributed by atoms with Crippen molar-refractivity contribution in [3.05, 3.63) is 24.0 Å². The first kappa shape index (κ1) is 10.5. The lowest BCUT2D eigenvalue weighted by Crippen LogP contribution is -2.10. The normalized spacial score (nSPS) is 17.9. The highest BCUT2D eigenvalue weighted by atomic mass is 16.5. The van der Waals surface area contributed by atoms with E-state index in [0.717, 1.165) is 11.7 Å². The molecule has 1 aromatic rings. The van der Waals surface area contributed by atoms with Crippen LogP contribution < -0.4 is 4.74 Å². The zero-order chi connectivity index (χ0) is 10.8. The molecule has 1 atom stereocenters. The van der Waals surface area contributed by atoms with Gasteiger partial charge < -0.3 is 4.74 Å². The summed E-state index contributed by atoms with van der Waals surface area (Å²) in [6.07, 6.45) is 4.58. The number of rotatable bonds is 4. The van der Waals surface area contributed by atoms with Gasteiger partial charge in [0.05, 0.1) is 7.11 Å². The summed E-state index contributed by atoms with van der Waals surface area (Å²) in [6, 6.07) is 4.00. The van der Waals surface area contributed by atoms with Crippen molar-refractivity contribution in [3.63, 3.8) is 0 Å². The Bertz CT molecular complexity index is 329. The monoisotopic (exact) mass is 205 g/mol. The van der Waals surface area contributed by atoms with E-state index in [1.165, 1.54) is 18.5 Å². The van der Waals surface area contributed by atoms with E-state index in [0.29, 0.717) is 11.8 Å². The van der Waals surface area contributed by atoms with Crippen LogP contribution >= 0.6 is 0 Å². The van der Waals surface area contributed by atoms with Crippen molar-refractivity contribution in [1.82, 2.24) is 4.98 Å². The second kappa shape index (κ2) is 4.21. The lowest BCUT2D eigenvalue weighted by molar-refractivity contribution is 0.405. The van der Waals surface area contributed by atoms with E-state index in [9.17, 15) is 0 Å². The van der Waals surface area contributed by atoms with Crippen LogP contribution in [0, 0.1) is 11.8 Å². The first-order valence-corrected chi connectivity index (χ1v) is 5.72. The molecule has 15 heavy (non-hydrogen) atoms. The maximum absolute atomic E-state index is 5.24. The van der Waals surface area contributed by atoms with Gasteiger partial charge in [0.1, 0.15) is 5.75 Å². The van der Waals surface area contributed by atoms with Crippen LogP contribution in [0.15, 0.2) is 18.3 Å². The molecule has 1 aliphatic rings. The highest BCUT2D eigenvalue weighted by Crippen LogP contribution is 2.46. The molecule has 0 aliphatic heterocycles. The number of hydrogen-bond acceptors (Lipinski definition) is 2. The Morgan fingerprint density at radius 1 is 1.40 bits per heavy atom. The van der Waals surface area contributed by atoms with Crippen LogP contribution in [-0.2, 0) is 0 Å². The molecule has 1 aliphatic carbocycles. The average molecular weight is 205 g/mol. The number of nitrogens with zero attached hydrogens (tertiary/aromatic N) is 1. The van der Waals surface area contributed by atoms with Crippen LogP contribution in [0.1, 0.15) is 38.3 Å². The zero-order valence-electron chi connectivity index (χ0n) is 9.73. The topological polar surface area (TPSA) is 22.1 Å². The molecule has 82 valence electrons. The van der Waals surface area contributed by atoms with Gasteiger partial charge in [0.2, 0.25) is 0 Å². The molecule has 0 aromatic carbocycles. The quantitative estimate of drug-likeness (QED) is 0.752. The van der Waals surface area contributed by atoms with Gasteiger partial charge in [-0.1, -0.05) is 13.8 Å².